The molecule has 0 saturated carbocycles. The molecule has 0 spiro atoms. The van der Waals surface area contributed by atoms with Crippen molar-refractivity contribution in [2.75, 3.05) is 13.1 Å². The molecular formula is C13H12N4O. The quantitative estimate of drug-likeness (QED) is 0.764. The summed E-state index contributed by atoms with van der Waals surface area (Å²) in [6.45, 7) is 2.44. The van der Waals surface area contributed by atoms with E-state index in [1.54, 1.807) is 30.6 Å². The molecule has 1 aromatic heterocycles. The van der Waals surface area contributed by atoms with Crippen LogP contribution in [0.4, 0.5) is 0 Å². The summed E-state index contributed by atoms with van der Waals surface area (Å²) in [5, 5.41) is 8.67. The van der Waals surface area contributed by atoms with E-state index in [2.05, 4.69) is 9.97 Å². The van der Waals surface area contributed by atoms with E-state index in [0.717, 1.165) is 5.52 Å². The molecule has 1 amide bonds. The Bertz CT molecular complexity index is 618. The summed E-state index contributed by atoms with van der Waals surface area (Å²) in [6, 6.07) is 7.15. The van der Waals surface area contributed by atoms with E-state index in [1.165, 1.54) is 4.90 Å². The van der Waals surface area contributed by atoms with Gasteiger partial charge in [0.2, 0.25) is 0 Å². The highest BCUT2D eigenvalue weighted by molar-refractivity contribution is 5.97. The van der Waals surface area contributed by atoms with Crippen LogP contribution >= 0.6 is 0 Å². The van der Waals surface area contributed by atoms with E-state index in [-0.39, 0.29) is 12.5 Å². The average Bonchev–Trinajstić information content (AvgIpc) is 2.43. The fourth-order valence-corrected chi connectivity index (χ4v) is 1.69. The molecular weight excluding hydrogens is 228 g/mol. The summed E-state index contributed by atoms with van der Waals surface area (Å²) in [7, 11) is 0. The third kappa shape index (κ3) is 2.28. The maximum absolute atomic E-state index is 12.1. The number of hydrogen-bond acceptors (Lipinski definition) is 4. The number of carbonyl (C=O) groups is 1. The minimum Gasteiger partial charge on any atom is -0.326 e. The van der Waals surface area contributed by atoms with Crippen molar-refractivity contribution in [2.45, 2.75) is 6.92 Å². The molecule has 0 aliphatic rings. The summed E-state index contributed by atoms with van der Waals surface area (Å²) in [4.78, 5) is 21.9. The first-order chi connectivity index (χ1) is 8.76. The van der Waals surface area contributed by atoms with Crippen LogP contribution in [0.2, 0.25) is 0 Å². The van der Waals surface area contributed by atoms with Gasteiger partial charge in [-0.1, -0.05) is 0 Å². The van der Waals surface area contributed by atoms with Gasteiger partial charge in [-0.05, 0) is 25.1 Å². The van der Waals surface area contributed by atoms with Crippen LogP contribution in [0.3, 0.4) is 0 Å². The Morgan fingerprint density at radius 3 is 2.72 bits per heavy atom. The van der Waals surface area contributed by atoms with Crippen molar-refractivity contribution in [3.8, 4) is 6.07 Å². The molecule has 0 radical (unpaired) electrons. The molecule has 1 heterocycles. The molecule has 0 aliphatic heterocycles. The van der Waals surface area contributed by atoms with Crippen LogP contribution in [0.25, 0.3) is 11.0 Å². The third-order valence-electron chi connectivity index (χ3n) is 2.65. The van der Waals surface area contributed by atoms with Crippen LogP contribution in [0.15, 0.2) is 30.6 Å². The smallest absolute Gasteiger partial charge is 0.254 e. The summed E-state index contributed by atoms with van der Waals surface area (Å²) < 4.78 is 0. The molecule has 0 saturated heterocycles. The molecule has 0 atom stereocenters. The second-order valence-corrected chi connectivity index (χ2v) is 3.74. The van der Waals surface area contributed by atoms with Crippen molar-refractivity contribution in [2.24, 2.45) is 0 Å². The largest absolute Gasteiger partial charge is 0.326 e. The number of benzene rings is 1. The van der Waals surface area contributed by atoms with Gasteiger partial charge >= 0.3 is 0 Å². The van der Waals surface area contributed by atoms with Gasteiger partial charge in [-0.25, -0.2) is 0 Å². The summed E-state index contributed by atoms with van der Waals surface area (Å²) in [5.41, 5.74) is 1.95. The lowest BCUT2D eigenvalue weighted by Crippen LogP contribution is -2.31. The predicted octanol–water partition coefficient (Wildman–Crippen LogP) is 1.62. The number of amides is 1. The van der Waals surface area contributed by atoms with E-state index < -0.39 is 0 Å². The van der Waals surface area contributed by atoms with Crippen LogP contribution in [0, 0.1) is 11.3 Å². The van der Waals surface area contributed by atoms with Crippen molar-refractivity contribution in [1.82, 2.24) is 14.9 Å². The number of nitriles is 1. The maximum atomic E-state index is 12.1. The van der Waals surface area contributed by atoms with Crippen LogP contribution in [0.1, 0.15) is 17.3 Å². The average molecular weight is 240 g/mol. The summed E-state index contributed by atoms with van der Waals surface area (Å²) in [5.74, 6) is -0.161. The van der Waals surface area contributed by atoms with E-state index in [9.17, 15) is 4.79 Å². The lowest BCUT2D eigenvalue weighted by atomic mass is 10.1. The third-order valence-corrected chi connectivity index (χ3v) is 2.65. The number of hydrogen-bond donors (Lipinski definition) is 0. The Kier molecular flexibility index (Phi) is 3.49. The molecule has 5 heteroatoms. The van der Waals surface area contributed by atoms with Crippen molar-refractivity contribution in [1.29, 1.82) is 5.26 Å². The molecule has 5 nitrogen and oxygen atoms in total. The highest BCUT2D eigenvalue weighted by Crippen LogP contribution is 2.12. The number of fused-ring (bicyclic) bond motifs is 1. The topological polar surface area (TPSA) is 69.9 Å². The normalized spacial score (nSPS) is 10.0. The molecule has 2 aromatic rings. The minimum absolute atomic E-state index is 0.0911. The molecule has 0 fully saturated rings. The summed E-state index contributed by atoms with van der Waals surface area (Å²) >= 11 is 0. The monoisotopic (exact) mass is 240 g/mol. The van der Waals surface area contributed by atoms with E-state index in [4.69, 9.17) is 5.26 Å². The van der Waals surface area contributed by atoms with Crippen molar-refractivity contribution >= 4 is 16.9 Å². The van der Waals surface area contributed by atoms with Gasteiger partial charge in [-0.15, -0.1) is 0 Å². The Morgan fingerprint density at radius 1 is 1.33 bits per heavy atom. The first kappa shape index (κ1) is 12.0. The minimum atomic E-state index is -0.161. The van der Waals surface area contributed by atoms with E-state index in [0.29, 0.717) is 17.6 Å². The Hall–Kier alpha value is -2.48. The highest BCUT2D eigenvalue weighted by atomic mass is 16.2. The Morgan fingerprint density at radius 2 is 2.06 bits per heavy atom. The number of aromatic nitrogens is 2. The van der Waals surface area contributed by atoms with Gasteiger partial charge in [-0.2, -0.15) is 5.26 Å². The molecule has 90 valence electrons. The van der Waals surface area contributed by atoms with Gasteiger partial charge in [0.15, 0.2) is 0 Å². The zero-order chi connectivity index (χ0) is 13.0. The molecule has 2 rings (SSSR count). The zero-order valence-electron chi connectivity index (χ0n) is 10.00. The number of nitrogens with zero attached hydrogens (tertiary/aromatic N) is 4. The van der Waals surface area contributed by atoms with Crippen LogP contribution in [-0.2, 0) is 0 Å². The van der Waals surface area contributed by atoms with Gasteiger partial charge < -0.3 is 4.90 Å². The highest BCUT2D eigenvalue weighted by Gasteiger charge is 2.14. The number of rotatable bonds is 3. The SMILES string of the molecule is CCN(CC#N)C(=O)c1ccc2nccnc2c1. The fourth-order valence-electron chi connectivity index (χ4n) is 1.69. The van der Waals surface area contributed by atoms with Crippen molar-refractivity contribution < 1.29 is 4.79 Å². The van der Waals surface area contributed by atoms with E-state index in [1.807, 2.05) is 13.0 Å². The second kappa shape index (κ2) is 5.23. The predicted molar refractivity (Wildman–Crippen MR) is 66.7 cm³/mol. The molecule has 0 aliphatic carbocycles. The Balaban J connectivity index is 2.36. The first-order valence-corrected chi connectivity index (χ1v) is 5.63. The Labute approximate surface area is 105 Å². The first-order valence-electron chi connectivity index (χ1n) is 5.63. The van der Waals surface area contributed by atoms with Gasteiger partial charge in [0.05, 0.1) is 17.1 Å². The van der Waals surface area contributed by atoms with Crippen molar-refractivity contribution in [3.63, 3.8) is 0 Å². The molecule has 0 unspecified atom stereocenters. The zero-order valence-corrected chi connectivity index (χ0v) is 10.00. The summed E-state index contributed by atoms with van der Waals surface area (Å²) in [6.07, 6.45) is 3.20. The van der Waals surface area contributed by atoms with Gasteiger partial charge in [0.25, 0.3) is 5.91 Å². The second-order valence-electron chi connectivity index (χ2n) is 3.74. The van der Waals surface area contributed by atoms with Crippen LogP contribution in [0.5, 0.6) is 0 Å². The van der Waals surface area contributed by atoms with Gasteiger partial charge in [0.1, 0.15) is 6.54 Å². The maximum Gasteiger partial charge on any atom is 0.254 e. The molecule has 0 N–H and O–H groups in total. The molecule has 18 heavy (non-hydrogen) atoms. The van der Waals surface area contributed by atoms with Gasteiger partial charge in [-0.3, -0.25) is 14.8 Å². The standard InChI is InChI=1S/C13H12N4O/c1-2-17(8-5-14)13(18)10-3-4-11-12(9-10)16-7-6-15-11/h3-4,6-7,9H,2,8H2,1H3. The van der Waals surface area contributed by atoms with E-state index >= 15 is 0 Å². The van der Waals surface area contributed by atoms with Crippen LogP contribution < -0.4 is 0 Å². The fraction of sp³-hybridized carbons (Fsp3) is 0.231. The lowest BCUT2D eigenvalue weighted by molar-refractivity contribution is 0.0784. The van der Waals surface area contributed by atoms with Crippen LogP contribution in [-0.4, -0.2) is 33.9 Å². The number of carbonyl (C=O) groups excluding carboxylic acids is 1. The van der Waals surface area contributed by atoms with Crippen molar-refractivity contribution in [3.05, 3.63) is 36.2 Å². The lowest BCUT2D eigenvalue weighted by Gasteiger charge is -2.17. The molecule has 0 bridgehead atoms. The van der Waals surface area contributed by atoms with Gasteiger partial charge in [0, 0.05) is 24.5 Å². The molecule has 1 aromatic carbocycles.